The molecule has 0 saturated carbocycles. The van der Waals surface area contributed by atoms with Gasteiger partial charge in [-0.05, 0) is 24.7 Å². The molecule has 0 spiro atoms. The molecule has 1 heteroatoms. The van der Waals surface area contributed by atoms with Crippen LogP contribution in [0.5, 0.6) is 0 Å². The molecule has 0 aliphatic rings. The van der Waals surface area contributed by atoms with Gasteiger partial charge in [-0.3, -0.25) is 0 Å². The maximum atomic E-state index is 8.34. The molecule has 0 heterocycles. The van der Waals surface area contributed by atoms with Crippen molar-refractivity contribution in [3.8, 4) is 6.07 Å². The Morgan fingerprint density at radius 3 is 2.36 bits per heavy atom. The van der Waals surface area contributed by atoms with E-state index in [0.717, 1.165) is 6.42 Å². The summed E-state index contributed by atoms with van der Waals surface area (Å²) >= 11 is 0. The highest BCUT2D eigenvalue weighted by Gasteiger charge is 2.15. The van der Waals surface area contributed by atoms with E-state index in [2.05, 4.69) is 26.8 Å². The smallest absolute Gasteiger partial charge is 0.0621 e. The fourth-order valence-electron chi connectivity index (χ4n) is 1.45. The van der Waals surface area contributed by atoms with Crippen molar-refractivity contribution in [1.82, 2.24) is 0 Å². The Kier molecular flexibility index (Phi) is 4.94. The van der Waals surface area contributed by atoms with Crippen molar-refractivity contribution >= 4 is 0 Å². The van der Waals surface area contributed by atoms with Gasteiger partial charge in [-0.25, -0.2) is 0 Å². The van der Waals surface area contributed by atoms with Gasteiger partial charge in [0.05, 0.1) is 6.07 Å². The minimum Gasteiger partial charge on any atom is -0.198 e. The highest BCUT2D eigenvalue weighted by molar-refractivity contribution is 4.73. The molecule has 0 aromatic heterocycles. The molecule has 0 aliphatic carbocycles. The summed E-state index contributed by atoms with van der Waals surface area (Å²) in [5.74, 6) is 0. The summed E-state index contributed by atoms with van der Waals surface area (Å²) in [5.41, 5.74) is 0.450. The minimum atomic E-state index is 0.450. The van der Waals surface area contributed by atoms with Crippen LogP contribution in [0.4, 0.5) is 0 Å². The molecule has 0 amide bonds. The molecule has 1 nitrogen and oxygen atoms in total. The predicted octanol–water partition coefficient (Wildman–Crippen LogP) is 3.51. The third-order valence-electron chi connectivity index (χ3n) is 2.07. The van der Waals surface area contributed by atoms with Crippen LogP contribution in [0.2, 0.25) is 0 Å². The SMILES string of the molecule is CCCC(C)(C)CCCC#N. The van der Waals surface area contributed by atoms with Crippen LogP contribution in [0.1, 0.15) is 52.9 Å². The van der Waals surface area contributed by atoms with Gasteiger partial charge in [0.25, 0.3) is 0 Å². The van der Waals surface area contributed by atoms with Crippen LogP contribution in [0.25, 0.3) is 0 Å². The monoisotopic (exact) mass is 153 g/mol. The van der Waals surface area contributed by atoms with Crippen molar-refractivity contribution in [2.45, 2.75) is 52.9 Å². The topological polar surface area (TPSA) is 23.8 Å². The zero-order chi connectivity index (χ0) is 8.74. The number of rotatable bonds is 5. The number of unbranched alkanes of at least 4 members (excludes halogenated alkanes) is 1. The van der Waals surface area contributed by atoms with Crippen LogP contribution >= 0.6 is 0 Å². The lowest BCUT2D eigenvalue weighted by molar-refractivity contribution is 0.297. The van der Waals surface area contributed by atoms with Crippen molar-refractivity contribution in [3.63, 3.8) is 0 Å². The molecule has 0 unspecified atom stereocenters. The summed E-state index contributed by atoms with van der Waals surface area (Å²) in [7, 11) is 0. The number of nitriles is 1. The Bertz CT molecular complexity index is 130. The van der Waals surface area contributed by atoms with E-state index in [1.165, 1.54) is 19.3 Å². The largest absolute Gasteiger partial charge is 0.198 e. The lowest BCUT2D eigenvalue weighted by Gasteiger charge is -2.22. The second-order valence-corrected chi connectivity index (χ2v) is 3.93. The molecule has 0 aromatic rings. The van der Waals surface area contributed by atoms with E-state index in [4.69, 9.17) is 5.26 Å². The third-order valence-corrected chi connectivity index (χ3v) is 2.07. The van der Waals surface area contributed by atoms with E-state index in [1.807, 2.05) is 0 Å². The van der Waals surface area contributed by atoms with Crippen LogP contribution in [0, 0.1) is 16.7 Å². The van der Waals surface area contributed by atoms with Crippen molar-refractivity contribution < 1.29 is 0 Å². The van der Waals surface area contributed by atoms with Gasteiger partial charge in [0, 0.05) is 6.42 Å². The maximum absolute atomic E-state index is 8.34. The van der Waals surface area contributed by atoms with Crippen molar-refractivity contribution in [2.24, 2.45) is 5.41 Å². The Hall–Kier alpha value is -0.510. The first-order valence-corrected chi connectivity index (χ1v) is 4.49. The second kappa shape index (κ2) is 5.18. The molecule has 0 bridgehead atoms. The van der Waals surface area contributed by atoms with Gasteiger partial charge in [-0.15, -0.1) is 0 Å². The minimum absolute atomic E-state index is 0.450. The molecule has 0 aliphatic heterocycles. The lowest BCUT2D eigenvalue weighted by atomic mass is 9.83. The summed E-state index contributed by atoms with van der Waals surface area (Å²) < 4.78 is 0. The van der Waals surface area contributed by atoms with Gasteiger partial charge in [-0.1, -0.05) is 27.2 Å². The molecule has 0 rings (SSSR count). The van der Waals surface area contributed by atoms with Crippen molar-refractivity contribution in [2.75, 3.05) is 0 Å². The van der Waals surface area contributed by atoms with Crippen LogP contribution in [-0.4, -0.2) is 0 Å². The number of hydrogen-bond donors (Lipinski definition) is 0. The molecule has 0 aromatic carbocycles. The van der Waals surface area contributed by atoms with Gasteiger partial charge in [0.15, 0.2) is 0 Å². The van der Waals surface area contributed by atoms with Crippen LogP contribution < -0.4 is 0 Å². The summed E-state index contributed by atoms with van der Waals surface area (Å²) in [6.07, 6.45) is 5.49. The molecule has 11 heavy (non-hydrogen) atoms. The van der Waals surface area contributed by atoms with E-state index >= 15 is 0 Å². The fourth-order valence-corrected chi connectivity index (χ4v) is 1.45. The highest BCUT2D eigenvalue weighted by atomic mass is 14.2. The first-order chi connectivity index (χ1) is 5.12. The second-order valence-electron chi connectivity index (χ2n) is 3.93. The molecule has 0 N–H and O–H groups in total. The zero-order valence-corrected chi connectivity index (χ0v) is 7.98. The fraction of sp³-hybridized carbons (Fsp3) is 0.900. The van der Waals surface area contributed by atoms with E-state index in [9.17, 15) is 0 Å². The van der Waals surface area contributed by atoms with Crippen LogP contribution in [0.15, 0.2) is 0 Å². The lowest BCUT2D eigenvalue weighted by Crippen LogP contribution is -2.10. The zero-order valence-electron chi connectivity index (χ0n) is 7.98. The number of hydrogen-bond acceptors (Lipinski definition) is 1. The van der Waals surface area contributed by atoms with Crippen molar-refractivity contribution in [1.29, 1.82) is 5.26 Å². The summed E-state index contributed by atoms with van der Waals surface area (Å²) in [4.78, 5) is 0. The average molecular weight is 153 g/mol. The summed E-state index contributed by atoms with van der Waals surface area (Å²) in [6, 6.07) is 2.18. The molecule has 0 atom stereocenters. The Morgan fingerprint density at radius 1 is 1.27 bits per heavy atom. The first-order valence-electron chi connectivity index (χ1n) is 4.49. The van der Waals surface area contributed by atoms with Crippen LogP contribution in [-0.2, 0) is 0 Å². The van der Waals surface area contributed by atoms with Gasteiger partial charge >= 0.3 is 0 Å². The van der Waals surface area contributed by atoms with E-state index < -0.39 is 0 Å². The summed E-state index contributed by atoms with van der Waals surface area (Å²) in [6.45, 7) is 6.79. The molecule has 64 valence electrons. The van der Waals surface area contributed by atoms with Gasteiger partial charge < -0.3 is 0 Å². The molecule has 0 radical (unpaired) electrons. The Balaban J connectivity index is 3.48. The maximum Gasteiger partial charge on any atom is 0.0621 e. The van der Waals surface area contributed by atoms with Gasteiger partial charge in [0.1, 0.15) is 0 Å². The Labute approximate surface area is 70.4 Å². The Morgan fingerprint density at radius 2 is 1.91 bits per heavy atom. The van der Waals surface area contributed by atoms with E-state index in [1.54, 1.807) is 0 Å². The quantitative estimate of drug-likeness (QED) is 0.554. The number of nitrogens with zero attached hydrogens (tertiary/aromatic N) is 1. The molecular formula is C10H19N. The average Bonchev–Trinajstić information content (AvgIpc) is 1.87. The summed E-state index contributed by atoms with van der Waals surface area (Å²) in [5, 5.41) is 8.34. The standard InChI is InChI=1S/C10H19N/c1-4-7-10(2,3)8-5-6-9-11/h4-8H2,1-3H3. The van der Waals surface area contributed by atoms with Crippen molar-refractivity contribution in [3.05, 3.63) is 0 Å². The molecule has 0 fully saturated rings. The van der Waals surface area contributed by atoms with Crippen LogP contribution in [0.3, 0.4) is 0 Å². The molecule has 0 saturated heterocycles. The third kappa shape index (κ3) is 5.91. The van der Waals surface area contributed by atoms with E-state index in [-0.39, 0.29) is 0 Å². The van der Waals surface area contributed by atoms with Gasteiger partial charge in [0.2, 0.25) is 0 Å². The first kappa shape index (κ1) is 10.5. The molecular weight excluding hydrogens is 134 g/mol. The predicted molar refractivity (Wildman–Crippen MR) is 48.2 cm³/mol. The van der Waals surface area contributed by atoms with Gasteiger partial charge in [-0.2, -0.15) is 5.26 Å². The highest BCUT2D eigenvalue weighted by Crippen LogP contribution is 2.28. The van der Waals surface area contributed by atoms with E-state index in [0.29, 0.717) is 11.8 Å². The normalized spacial score (nSPS) is 11.1.